The number of anilines is 1. The maximum atomic E-state index is 11.9. The number of carbonyl (C=O) groups excluding carboxylic acids is 1. The van der Waals surface area contributed by atoms with Gasteiger partial charge in [0, 0.05) is 13.6 Å². The topological polar surface area (TPSA) is 72.9 Å². The van der Waals surface area contributed by atoms with Crippen LogP contribution in [0.2, 0.25) is 0 Å². The minimum absolute atomic E-state index is 0.131. The summed E-state index contributed by atoms with van der Waals surface area (Å²) in [7, 11) is 1.75. The van der Waals surface area contributed by atoms with Gasteiger partial charge >= 0.3 is 0 Å². The van der Waals surface area contributed by atoms with E-state index in [9.17, 15) is 4.79 Å². The molecule has 0 bridgehead atoms. The van der Waals surface area contributed by atoms with Gasteiger partial charge in [0.2, 0.25) is 0 Å². The Balaban J connectivity index is 2.65. The van der Waals surface area contributed by atoms with Crippen molar-refractivity contribution < 1.29 is 4.79 Å². The van der Waals surface area contributed by atoms with E-state index in [0.29, 0.717) is 17.9 Å². The lowest BCUT2D eigenvalue weighted by Crippen LogP contribution is -2.27. The molecule has 0 unspecified atom stereocenters. The molecule has 0 spiro atoms. The molecule has 3 N–H and O–H groups in total. The predicted octanol–water partition coefficient (Wildman–Crippen LogP) is 1.48. The second kappa shape index (κ2) is 6.27. The number of unbranched alkanes of at least 4 members (excludes halogenated alkanes) is 2. The van der Waals surface area contributed by atoms with Crippen LogP contribution in [0.15, 0.2) is 0 Å². The number of hydrogen-bond acceptors (Lipinski definition) is 3. The second-order valence-electron chi connectivity index (χ2n) is 4.15. The molecule has 0 aliphatic rings. The molecule has 5 heteroatoms. The van der Waals surface area contributed by atoms with Gasteiger partial charge in [0.25, 0.3) is 5.91 Å². The fourth-order valence-corrected chi connectivity index (χ4v) is 1.79. The van der Waals surface area contributed by atoms with Gasteiger partial charge in [-0.05, 0) is 12.8 Å². The summed E-state index contributed by atoms with van der Waals surface area (Å²) >= 11 is 0. The summed E-state index contributed by atoms with van der Waals surface area (Å²) in [6.45, 7) is 4.80. The highest BCUT2D eigenvalue weighted by atomic mass is 16.2. The van der Waals surface area contributed by atoms with E-state index >= 15 is 0 Å². The highest BCUT2D eigenvalue weighted by Gasteiger charge is 2.18. The molecule has 1 aromatic heterocycles. The molecule has 0 saturated heterocycles. The lowest BCUT2D eigenvalue weighted by atomic mass is 10.2. The van der Waals surface area contributed by atoms with Crippen LogP contribution >= 0.6 is 0 Å². The summed E-state index contributed by atoms with van der Waals surface area (Å²) in [6, 6.07) is 0. The number of carbonyl (C=O) groups is 1. The van der Waals surface area contributed by atoms with Gasteiger partial charge in [-0.3, -0.25) is 9.48 Å². The summed E-state index contributed by atoms with van der Waals surface area (Å²) in [5, 5.41) is 7.10. The molecule has 0 atom stereocenters. The average molecular weight is 238 g/mol. The van der Waals surface area contributed by atoms with Gasteiger partial charge in [-0.2, -0.15) is 5.10 Å². The fraction of sp³-hybridized carbons (Fsp3) is 0.667. The molecule has 1 amide bonds. The standard InChI is InChI=1S/C12H22N4O/c1-4-6-7-8-14-12(17)11-10(13)9(5-2)15-16(11)3/h4-8,13H2,1-3H3,(H,14,17). The van der Waals surface area contributed by atoms with Crippen molar-refractivity contribution in [1.29, 1.82) is 0 Å². The second-order valence-corrected chi connectivity index (χ2v) is 4.15. The molecule has 0 radical (unpaired) electrons. The van der Waals surface area contributed by atoms with Gasteiger partial charge in [0.15, 0.2) is 0 Å². The molecule has 96 valence electrons. The van der Waals surface area contributed by atoms with E-state index in [2.05, 4.69) is 17.3 Å². The van der Waals surface area contributed by atoms with Crippen molar-refractivity contribution in [3.05, 3.63) is 11.4 Å². The van der Waals surface area contributed by atoms with E-state index in [1.807, 2.05) is 6.92 Å². The Morgan fingerprint density at radius 1 is 1.41 bits per heavy atom. The van der Waals surface area contributed by atoms with Crippen LogP contribution in [-0.4, -0.2) is 22.2 Å². The van der Waals surface area contributed by atoms with E-state index in [1.54, 1.807) is 11.7 Å². The lowest BCUT2D eigenvalue weighted by Gasteiger charge is -2.05. The van der Waals surface area contributed by atoms with E-state index in [1.165, 1.54) is 0 Å². The van der Waals surface area contributed by atoms with Gasteiger partial charge in [-0.1, -0.05) is 26.7 Å². The largest absolute Gasteiger partial charge is 0.395 e. The van der Waals surface area contributed by atoms with Gasteiger partial charge < -0.3 is 11.1 Å². The Hall–Kier alpha value is -1.52. The molecule has 17 heavy (non-hydrogen) atoms. The number of rotatable bonds is 6. The number of amides is 1. The molecule has 0 aromatic carbocycles. The van der Waals surface area contributed by atoms with Crippen molar-refractivity contribution in [1.82, 2.24) is 15.1 Å². The zero-order valence-electron chi connectivity index (χ0n) is 10.9. The van der Waals surface area contributed by atoms with Crippen molar-refractivity contribution in [2.75, 3.05) is 12.3 Å². The highest BCUT2D eigenvalue weighted by Crippen LogP contribution is 2.16. The zero-order valence-corrected chi connectivity index (χ0v) is 10.9. The van der Waals surface area contributed by atoms with E-state index < -0.39 is 0 Å². The molecular formula is C12H22N4O. The minimum Gasteiger partial charge on any atom is -0.395 e. The van der Waals surface area contributed by atoms with Crippen LogP contribution in [0.25, 0.3) is 0 Å². The molecule has 0 aliphatic carbocycles. The molecular weight excluding hydrogens is 216 g/mol. The number of aryl methyl sites for hydroxylation is 2. The Kier molecular flexibility index (Phi) is 5.00. The Morgan fingerprint density at radius 2 is 2.12 bits per heavy atom. The first-order valence-corrected chi connectivity index (χ1v) is 6.21. The SMILES string of the molecule is CCCCCNC(=O)c1c(N)c(CC)nn1C. The van der Waals surface area contributed by atoms with Crippen molar-refractivity contribution in [2.45, 2.75) is 39.5 Å². The fourth-order valence-electron chi connectivity index (χ4n) is 1.79. The third-order valence-electron chi connectivity index (χ3n) is 2.78. The third kappa shape index (κ3) is 3.22. The maximum Gasteiger partial charge on any atom is 0.271 e. The first kappa shape index (κ1) is 13.5. The molecule has 1 heterocycles. The maximum absolute atomic E-state index is 11.9. The monoisotopic (exact) mass is 238 g/mol. The summed E-state index contributed by atoms with van der Waals surface area (Å²) in [5.41, 5.74) is 7.66. The minimum atomic E-state index is -0.131. The van der Waals surface area contributed by atoms with E-state index in [-0.39, 0.29) is 5.91 Å². The quantitative estimate of drug-likeness (QED) is 0.737. The van der Waals surface area contributed by atoms with Gasteiger partial charge in [0.05, 0.1) is 11.4 Å². The predicted molar refractivity (Wildman–Crippen MR) is 68.9 cm³/mol. The zero-order chi connectivity index (χ0) is 12.8. The summed E-state index contributed by atoms with van der Waals surface area (Å²) in [4.78, 5) is 11.9. The number of nitrogen functional groups attached to an aromatic ring is 1. The first-order valence-electron chi connectivity index (χ1n) is 6.21. The molecule has 0 saturated carbocycles. The van der Waals surface area contributed by atoms with Crippen LogP contribution in [0.1, 0.15) is 49.3 Å². The summed E-state index contributed by atoms with van der Waals surface area (Å²) in [5.74, 6) is -0.131. The number of nitrogens with two attached hydrogens (primary N) is 1. The lowest BCUT2D eigenvalue weighted by molar-refractivity contribution is 0.0944. The third-order valence-corrected chi connectivity index (χ3v) is 2.78. The van der Waals surface area contributed by atoms with E-state index in [0.717, 1.165) is 31.4 Å². The summed E-state index contributed by atoms with van der Waals surface area (Å²) < 4.78 is 1.56. The number of hydrogen-bond donors (Lipinski definition) is 2. The van der Waals surface area contributed by atoms with Crippen LogP contribution in [0.5, 0.6) is 0 Å². The number of nitrogens with one attached hydrogen (secondary N) is 1. The van der Waals surface area contributed by atoms with Gasteiger partial charge in [0.1, 0.15) is 5.69 Å². The smallest absolute Gasteiger partial charge is 0.271 e. The molecule has 0 fully saturated rings. The van der Waals surface area contributed by atoms with Crippen LogP contribution < -0.4 is 11.1 Å². The van der Waals surface area contributed by atoms with Crippen LogP contribution in [0.4, 0.5) is 5.69 Å². The molecule has 0 aliphatic heterocycles. The van der Waals surface area contributed by atoms with Crippen molar-refractivity contribution >= 4 is 11.6 Å². The van der Waals surface area contributed by atoms with E-state index in [4.69, 9.17) is 5.73 Å². The molecule has 5 nitrogen and oxygen atoms in total. The van der Waals surface area contributed by atoms with Crippen molar-refractivity contribution in [3.63, 3.8) is 0 Å². The number of aromatic nitrogens is 2. The van der Waals surface area contributed by atoms with Gasteiger partial charge in [-0.25, -0.2) is 0 Å². The van der Waals surface area contributed by atoms with Gasteiger partial charge in [-0.15, -0.1) is 0 Å². The van der Waals surface area contributed by atoms with Crippen molar-refractivity contribution in [2.24, 2.45) is 7.05 Å². The Labute approximate surface area is 102 Å². The average Bonchev–Trinajstić information content (AvgIpc) is 2.59. The molecule has 1 rings (SSSR count). The van der Waals surface area contributed by atoms with Crippen LogP contribution in [-0.2, 0) is 13.5 Å². The Bertz CT molecular complexity index is 384. The normalized spacial score (nSPS) is 10.5. The Morgan fingerprint density at radius 3 is 2.65 bits per heavy atom. The first-order chi connectivity index (χ1) is 8.11. The van der Waals surface area contributed by atoms with Crippen LogP contribution in [0, 0.1) is 0 Å². The molecule has 1 aromatic rings. The van der Waals surface area contributed by atoms with Crippen LogP contribution in [0.3, 0.4) is 0 Å². The highest BCUT2D eigenvalue weighted by molar-refractivity contribution is 5.97. The number of nitrogens with zero attached hydrogens (tertiary/aromatic N) is 2. The summed E-state index contributed by atoms with van der Waals surface area (Å²) in [6.07, 6.45) is 4.01. The van der Waals surface area contributed by atoms with Crippen molar-refractivity contribution in [3.8, 4) is 0 Å².